The van der Waals surface area contributed by atoms with E-state index < -0.39 is 0 Å². The fourth-order valence-electron chi connectivity index (χ4n) is 1.28. The van der Waals surface area contributed by atoms with Crippen molar-refractivity contribution in [2.45, 2.75) is 6.42 Å². The predicted octanol–water partition coefficient (Wildman–Crippen LogP) is 2.16. The van der Waals surface area contributed by atoms with Gasteiger partial charge in [-0.3, -0.25) is 4.79 Å². The van der Waals surface area contributed by atoms with Crippen LogP contribution >= 0.6 is 22.9 Å². The molecule has 0 radical (unpaired) electrons. The molecule has 0 aromatic carbocycles. The number of aromatic nitrogens is 2. The number of carbonyl (C=O) groups is 1. The Hall–Kier alpha value is -1.46. The number of pyridine rings is 1. The number of nitrogens with zero attached hydrogens (tertiary/aromatic N) is 2. The normalized spacial score (nSPS) is 10.2. The molecule has 1 N–H and O–H groups in total. The summed E-state index contributed by atoms with van der Waals surface area (Å²) in [6.45, 7) is 0.542. The Morgan fingerprint density at radius 3 is 3.06 bits per heavy atom. The smallest absolute Gasteiger partial charge is 0.269 e. The SMILES string of the molecule is O=C(NCCc1nccs1)c1cccc(Cl)n1. The van der Waals surface area contributed by atoms with Gasteiger partial charge in [-0.1, -0.05) is 17.7 Å². The van der Waals surface area contributed by atoms with E-state index in [0.29, 0.717) is 17.4 Å². The third kappa shape index (κ3) is 3.51. The first kappa shape index (κ1) is 12.0. The highest BCUT2D eigenvalue weighted by Crippen LogP contribution is 2.06. The summed E-state index contributed by atoms with van der Waals surface area (Å²) in [5, 5.41) is 6.00. The van der Waals surface area contributed by atoms with Crippen LogP contribution in [0.15, 0.2) is 29.8 Å². The highest BCUT2D eigenvalue weighted by atomic mass is 35.5. The maximum Gasteiger partial charge on any atom is 0.269 e. The Kier molecular flexibility index (Phi) is 4.06. The summed E-state index contributed by atoms with van der Waals surface area (Å²) in [6.07, 6.45) is 2.48. The lowest BCUT2D eigenvalue weighted by molar-refractivity contribution is 0.0949. The third-order valence-corrected chi connectivity index (χ3v) is 3.11. The van der Waals surface area contributed by atoms with Crippen molar-refractivity contribution in [3.05, 3.63) is 45.6 Å². The monoisotopic (exact) mass is 267 g/mol. The van der Waals surface area contributed by atoms with E-state index in [-0.39, 0.29) is 5.91 Å². The quantitative estimate of drug-likeness (QED) is 0.864. The van der Waals surface area contributed by atoms with Crippen LogP contribution in [0.1, 0.15) is 15.5 Å². The standard InChI is InChI=1S/C11H10ClN3OS/c12-9-3-1-2-8(15-9)11(16)14-5-4-10-13-6-7-17-10/h1-3,6-7H,4-5H2,(H,14,16). The van der Waals surface area contributed by atoms with Crippen LogP contribution in [-0.4, -0.2) is 22.4 Å². The van der Waals surface area contributed by atoms with Crippen LogP contribution in [0.2, 0.25) is 5.15 Å². The van der Waals surface area contributed by atoms with Crippen molar-refractivity contribution in [2.75, 3.05) is 6.54 Å². The van der Waals surface area contributed by atoms with Gasteiger partial charge in [0.15, 0.2) is 0 Å². The number of amides is 1. The lowest BCUT2D eigenvalue weighted by atomic mass is 10.3. The lowest BCUT2D eigenvalue weighted by Gasteiger charge is -2.03. The molecule has 2 rings (SSSR count). The summed E-state index contributed by atoms with van der Waals surface area (Å²) >= 11 is 7.28. The van der Waals surface area contributed by atoms with Crippen LogP contribution < -0.4 is 5.32 Å². The van der Waals surface area contributed by atoms with Crippen LogP contribution in [0, 0.1) is 0 Å². The average molecular weight is 268 g/mol. The molecule has 17 heavy (non-hydrogen) atoms. The average Bonchev–Trinajstić information content (AvgIpc) is 2.82. The van der Waals surface area contributed by atoms with Crippen molar-refractivity contribution in [1.82, 2.24) is 15.3 Å². The molecule has 0 atom stereocenters. The number of hydrogen-bond donors (Lipinski definition) is 1. The van der Waals surface area contributed by atoms with Gasteiger partial charge in [0.1, 0.15) is 10.8 Å². The second-order valence-corrected chi connectivity index (χ2v) is 4.64. The minimum Gasteiger partial charge on any atom is -0.350 e. The Labute approximate surface area is 108 Å². The summed E-state index contributed by atoms with van der Waals surface area (Å²) in [5.74, 6) is -0.218. The van der Waals surface area contributed by atoms with Crippen molar-refractivity contribution in [3.63, 3.8) is 0 Å². The number of nitrogens with one attached hydrogen (secondary N) is 1. The van der Waals surface area contributed by atoms with Gasteiger partial charge in [0.2, 0.25) is 0 Å². The predicted molar refractivity (Wildman–Crippen MR) is 67.4 cm³/mol. The molecular formula is C11H10ClN3OS. The molecular weight excluding hydrogens is 258 g/mol. The summed E-state index contributed by atoms with van der Waals surface area (Å²) in [5.41, 5.74) is 0.330. The van der Waals surface area contributed by atoms with E-state index in [9.17, 15) is 4.79 Å². The summed E-state index contributed by atoms with van der Waals surface area (Å²) in [6, 6.07) is 4.96. The van der Waals surface area contributed by atoms with Crippen molar-refractivity contribution in [1.29, 1.82) is 0 Å². The number of halogens is 1. The molecule has 1 amide bonds. The molecule has 6 heteroatoms. The van der Waals surface area contributed by atoms with Gasteiger partial charge in [-0.15, -0.1) is 11.3 Å². The maximum absolute atomic E-state index is 11.7. The molecule has 2 aromatic rings. The van der Waals surface area contributed by atoms with Crippen LogP contribution in [0.3, 0.4) is 0 Å². The van der Waals surface area contributed by atoms with Crippen LogP contribution in [0.4, 0.5) is 0 Å². The molecule has 0 fully saturated rings. The molecule has 0 aliphatic heterocycles. The van der Waals surface area contributed by atoms with E-state index in [1.165, 1.54) is 0 Å². The molecule has 0 bridgehead atoms. The summed E-state index contributed by atoms with van der Waals surface area (Å²) < 4.78 is 0. The number of hydrogen-bond acceptors (Lipinski definition) is 4. The van der Waals surface area contributed by atoms with Gasteiger partial charge >= 0.3 is 0 Å². The van der Waals surface area contributed by atoms with Gasteiger partial charge in [0, 0.05) is 24.5 Å². The molecule has 2 aromatic heterocycles. The first-order valence-corrected chi connectivity index (χ1v) is 6.30. The van der Waals surface area contributed by atoms with E-state index >= 15 is 0 Å². The van der Waals surface area contributed by atoms with Gasteiger partial charge < -0.3 is 5.32 Å². The number of carbonyl (C=O) groups excluding carboxylic acids is 1. The van der Waals surface area contributed by atoms with E-state index in [0.717, 1.165) is 11.4 Å². The molecule has 4 nitrogen and oxygen atoms in total. The van der Waals surface area contributed by atoms with Crippen molar-refractivity contribution in [3.8, 4) is 0 Å². The van der Waals surface area contributed by atoms with Gasteiger partial charge in [-0.2, -0.15) is 0 Å². The Balaban J connectivity index is 1.85. The zero-order valence-electron chi connectivity index (χ0n) is 8.89. The molecule has 88 valence electrons. The van der Waals surface area contributed by atoms with E-state index in [4.69, 9.17) is 11.6 Å². The summed E-state index contributed by atoms with van der Waals surface area (Å²) in [4.78, 5) is 19.7. The van der Waals surface area contributed by atoms with Gasteiger partial charge in [-0.05, 0) is 12.1 Å². The number of thiazole rings is 1. The first-order valence-electron chi connectivity index (χ1n) is 5.05. The van der Waals surface area contributed by atoms with Crippen LogP contribution in [-0.2, 0) is 6.42 Å². The molecule has 0 aliphatic carbocycles. The molecule has 0 unspecified atom stereocenters. The van der Waals surface area contributed by atoms with E-state index in [1.54, 1.807) is 35.7 Å². The maximum atomic E-state index is 11.7. The fraction of sp³-hybridized carbons (Fsp3) is 0.182. The van der Waals surface area contributed by atoms with Crippen molar-refractivity contribution < 1.29 is 4.79 Å². The van der Waals surface area contributed by atoms with Crippen molar-refractivity contribution in [2.24, 2.45) is 0 Å². The van der Waals surface area contributed by atoms with Crippen molar-refractivity contribution >= 4 is 28.8 Å². The van der Waals surface area contributed by atoms with Crippen LogP contribution in [0.25, 0.3) is 0 Å². The topological polar surface area (TPSA) is 54.9 Å². The molecule has 0 saturated carbocycles. The zero-order valence-corrected chi connectivity index (χ0v) is 10.5. The molecule has 2 heterocycles. The van der Waals surface area contributed by atoms with Gasteiger partial charge in [0.25, 0.3) is 5.91 Å². The second-order valence-electron chi connectivity index (χ2n) is 3.28. The second kappa shape index (κ2) is 5.75. The molecule has 0 aliphatic rings. The van der Waals surface area contributed by atoms with Gasteiger partial charge in [-0.25, -0.2) is 9.97 Å². The highest BCUT2D eigenvalue weighted by molar-refractivity contribution is 7.09. The van der Waals surface area contributed by atoms with Crippen LogP contribution in [0.5, 0.6) is 0 Å². The summed E-state index contributed by atoms with van der Waals surface area (Å²) in [7, 11) is 0. The molecule has 0 spiro atoms. The molecule has 0 saturated heterocycles. The Morgan fingerprint density at radius 1 is 1.47 bits per heavy atom. The largest absolute Gasteiger partial charge is 0.350 e. The number of rotatable bonds is 4. The van der Waals surface area contributed by atoms with E-state index in [1.807, 2.05) is 5.38 Å². The first-order chi connectivity index (χ1) is 8.25. The zero-order chi connectivity index (χ0) is 12.1. The minimum atomic E-state index is -0.218. The Morgan fingerprint density at radius 2 is 2.35 bits per heavy atom. The third-order valence-electron chi connectivity index (χ3n) is 2.06. The highest BCUT2D eigenvalue weighted by Gasteiger charge is 2.06. The minimum absolute atomic E-state index is 0.218. The lowest BCUT2D eigenvalue weighted by Crippen LogP contribution is -2.26. The Bertz CT molecular complexity index is 501. The van der Waals surface area contributed by atoms with Gasteiger partial charge in [0.05, 0.1) is 5.01 Å². The fourth-order valence-corrected chi connectivity index (χ4v) is 2.07. The van der Waals surface area contributed by atoms with E-state index in [2.05, 4.69) is 15.3 Å².